The number of benzene rings is 1. The van der Waals surface area contributed by atoms with Gasteiger partial charge in [-0.05, 0) is 33.6 Å². The number of alkyl halides is 2. The monoisotopic (exact) mass is 432 g/mol. The lowest BCUT2D eigenvalue weighted by molar-refractivity contribution is 0.146. The van der Waals surface area contributed by atoms with Gasteiger partial charge in [0.15, 0.2) is 0 Å². The van der Waals surface area contributed by atoms with Gasteiger partial charge < -0.3 is 14.6 Å². The number of hydrogen-bond acceptors (Lipinski definition) is 5. The fraction of sp³-hybridized carbons (Fsp3) is 0.409. The Labute approximate surface area is 177 Å². The van der Waals surface area contributed by atoms with Crippen LogP contribution in [0.3, 0.4) is 0 Å². The lowest BCUT2D eigenvalue weighted by atomic mass is 10.0. The minimum atomic E-state index is -2.91. The van der Waals surface area contributed by atoms with E-state index in [0.29, 0.717) is 22.3 Å². The average molecular weight is 432 g/mol. The third-order valence-corrected chi connectivity index (χ3v) is 5.93. The number of methoxy groups -OCH3 is 1. The quantitative estimate of drug-likeness (QED) is 0.602. The van der Waals surface area contributed by atoms with E-state index in [4.69, 9.17) is 4.74 Å². The number of nitrogens with zero attached hydrogens (tertiary/aromatic N) is 3. The van der Waals surface area contributed by atoms with Crippen molar-refractivity contribution in [2.75, 3.05) is 12.4 Å². The maximum Gasteiger partial charge on any atom is 0.318 e. The van der Waals surface area contributed by atoms with Gasteiger partial charge in [-0.3, -0.25) is 4.79 Å². The molecule has 0 radical (unpaired) electrons. The Kier molecular flexibility index (Phi) is 5.15. The Morgan fingerprint density at radius 1 is 1.23 bits per heavy atom. The normalized spacial score (nSPS) is 15.9. The van der Waals surface area contributed by atoms with E-state index in [9.17, 15) is 18.0 Å². The summed E-state index contributed by atoms with van der Waals surface area (Å²) < 4.78 is 47.8. The van der Waals surface area contributed by atoms with E-state index in [0.717, 1.165) is 18.9 Å². The summed E-state index contributed by atoms with van der Waals surface area (Å²) >= 11 is 0. The van der Waals surface area contributed by atoms with Crippen LogP contribution in [0, 0.1) is 12.7 Å². The number of halogens is 3. The highest BCUT2D eigenvalue weighted by Crippen LogP contribution is 2.42. The van der Waals surface area contributed by atoms with Crippen molar-refractivity contribution in [1.29, 1.82) is 0 Å². The van der Waals surface area contributed by atoms with Crippen molar-refractivity contribution in [3.63, 3.8) is 0 Å². The van der Waals surface area contributed by atoms with Gasteiger partial charge in [-0.1, -0.05) is 18.2 Å². The molecule has 0 spiro atoms. The van der Waals surface area contributed by atoms with E-state index >= 15 is 0 Å². The maximum atomic E-state index is 14.7. The van der Waals surface area contributed by atoms with E-state index in [1.807, 2.05) is 6.92 Å². The number of ether oxygens (including phenoxy) is 1. The number of aromatic nitrogens is 3. The van der Waals surface area contributed by atoms with Crippen LogP contribution >= 0.6 is 0 Å². The molecule has 1 N–H and O–H groups in total. The molecule has 0 amide bonds. The molecule has 0 aliphatic heterocycles. The summed E-state index contributed by atoms with van der Waals surface area (Å²) in [6, 6.07) is 3.27. The zero-order chi connectivity index (χ0) is 22.5. The lowest BCUT2D eigenvalue weighted by Gasteiger charge is -2.21. The molecule has 9 heteroatoms. The van der Waals surface area contributed by atoms with Gasteiger partial charge in [0, 0.05) is 22.9 Å². The number of aryl methyl sites for hydroxylation is 1. The highest BCUT2D eigenvalue weighted by Gasteiger charge is 2.40. The predicted molar refractivity (Wildman–Crippen MR) is 111 cm³/mol. The summed E-state index contributed by atoms with van der Waals surface area (Å²) in [7, 11) is 1.40. The first kappa shape index (κ1) is 21.1. The van der Waals surface area contributed by atoms with E-state index in [1.54, 1.807) is 24.6 Å². The second-order valence-corrected chi connectivity index (χ2v) is 8.16. The first-order chi connectivity index (χ1) is 14.7. The van der Waals surface area contributed by atoms with Gasteiger partial charge in [-0.2, -0.15) is 9.97 Å². The zero-order valence-corrected chi connectivity index (χ0v) is 17.7. The maximum absolute atomic E-state index is 14.7. The summed E-state index contributed by atoms with van der Waals surface area (Å²) in [4.78, 5) is 21.6. The summed E-state index contributed by atoms with van der Waals surface area (Å²) in [6.07, 6.45) is 0.570. The SMILES string of the molecule is COc1nc(N[C@H](C)c2cccc(C(F)F)c2F)c2cn(C3(C)CC3)c(=O)c(C)c2n1. The molecule has 164 valence electrons. The van der Waals surface area contributed by atoms with Gasteiger partial charge in [0.25, 0.3) is 12.0 Å². The molecule has 1 aromatic carbocycles. The number of pyridine rings is 1. The van der Waals surface area contributed by atoms with Crippen molar-refractivity contribution < 1.29 is 17.9 Å². The Balaban J connectivity index is 1.84. The number of fused-ring (bicyclic) bond motifs is 1. The molecule has 1 atom stereocenters. The van der Waals surface area contributed by atoms with Gasteiger partial charge in [-0.25, -0.2) is 13.2 Å². The molecule has 3 aromatic rings. The van der Waals surface area contributed by atoms with Crippen molar-refractivity contribution >= 4 is 16.7 Å². The molecule has 0 bridgehead atoms. The molecule has 2 heterocycles. The van der Waals surface area contributed by atoms with Gasteiger partial charge in [0.2, 0.25) is 0 Å². The minimum absolute atomic E-state index is 0.0434. The van der Waals surface area contributed by atoms with Gasteiger partial charge in [-0.15, -0.1) is 0 Å². The highest BCUT2D eigenvalue weighted by atomic mass is 19.3. The van der Waals surface area contributed by atoms with Gasteiger partial charge in [0.05, 0.1) is 29.6 Å². The van der Waals surface area contributed by atoms with Gasteiger partial charge in [0.1, 0.15) is 11.6 Å². The van der Waals surface area contributed by atoms with Crippen LogP contribution in [0.5, 0.6) is 6.01 Å². The summed E-state index contributed by atoms with van der Waals surface area (Å²) in [5.41, 5.74) is -0.0775. The Morgan fingerprint density at radius 2 is 1.90 bits per heavy atom. The smallest absolute Gasteiger partial charge is 0.318 e. The van der Waals surface area contributed by atoms with Crippen LogP contribution in [-0.4, -0.2) is 21.6 Å². The van der Waals surface area contributed by atoms with Crippen LogP contribution in [0.15, 0.2) is 29.2 Å². The summed E-state index contributed by atoms with van der Waals surface area (Å²) in [5.74, 6) is -0.626. The molecule has 0 saturated heterocycles. The topological polar surface area (TPSA) is 69.0 Å². The van der Waals surface area contributed by atoms with E-state index in [2.05, 4.69) is 15.3 Å². The van der Waals surface area contributed by atoms with Gasteiger partial charge >= 0.3 is 6.01 Å². The molecule has 2 aromatic heterocycles. The van der Waals surface area contributed by atoms with Crippen molar-refractivity contribution in [2.45, 2.75) is 51.6 Å². The average Bonchev–Trinajstić information content (AvgIpc) is 3.48. The first-order valence-corrected chi connectivity index (χ1v) is 9.97. The fourth-order valence-corrected chi connectivity index (χ4v) is 3.71. The molecule has 0 unspecified atom stereocenters. The van der Waals surface area contributed by atoms with Crippen molar-refractivity contribution in [3.8, 4) is 6.01 Å². The number of anilines is 1. The third-order valence-electron chi connectivity index (χ3n) is 5.93. The van der Waals surface area contributed by atoms with Crippen LogP contribution in [-0.2, 0) is 5.54 Å². The van der Waals surface area contributed by atoms with E-state index < -0.39 is 23.8 Å². The van der Waals surface area contributed by atoms with Crippen LogP contribution < -0.4 is 15.6 Å². The molecule has 1 aliphatic carbocycles. The largest absolute Gasteiger partial charge is 0.467 e. The van der Waals surface area contributed by atoms with E-state index in [-0.39, 0.29) is 22.7 Å². The van der Waals surface area contributed by atoms with Crippen LogP contribution in [0.25, 0.3) is 10.9 Å². The molecule has 4 rings (SSSR count). The summed E-state index contributed by atoms with van der Waals surface area (Å²) in [5, 5.41) is 3.67. The van der Waals surface area contributed by atoms with Crippen LogP contribution in [0.2, 0.25) is 0 Å². The lowest BCUT2D eigenvalue weighted by Crippen LogP contribution is -2.30. The summed E-state index contributed by atoms with van der Waals surface area (Å²) in [6.45, 7) is 5.35. The number of nitrogens with one attached hydrogen (secondary N) is 1. The highest BCUT2D eigenvalue weighted by molar-refractivity contribution is 5.91. The minimum Gasteiger partial charge on any atom is -0.467 e. The second kappa shape index (κ2) is 7.55. The van der Waals surface area contributed by atoms with E-state index in [1.165, 1.54) is 19.2 Å². The molecule has 1 saturated carbocycles. The second-order valence-electron chi connectivity index (χ2n) is 8.16. The predicted octanol–water partition coefficient (Wildman–Crippen LogP) is 4.87. The standard InChI is InChI=1S/C22H23F3N4O2/c1-11-17-15(10-29(20(11)30)22(3)8-9-22)19(28-21(27-17)31-4)26-12(2)13-6-5-7-14(16(13)23)18(24)25/h5-7,10,12,18H,8-9H2,1-4H3,(H,26,27,28)/t12-/m1/s1. The van der Waals surface area contributed by atoms with Crippen LogP contribution in [0.4, 0.5) is 19.0 Å². The Hall–Kier alpha value is -3.10. The molecule has 6 nitrogen and oxygen atoms in total. The molecular formula is C22H23F3N4O2. The number of hydrogen-bond donors (Lipinski definition) is 1. The zero-order valence-electron chi connectivity index (χ0n) is 17.7. The fourth-order valence-electron chi connectivity index (χ4n) is 3.71. The number of rotatable bonds is 6. The Bertz CT molecular complexity index is 1220. The third kappa shape index (κ3) is 3.62. The van der Waals surface area contributed by atoms with Crippen molar-refractivity contribution in [2.24, 2.45) is 0 Å². The molecule has 31 heavy (non-hydrogen) atoms. The first-order valence-electron chi connectivity index (χ1n) is 9.97. The van der Waals surface area contributed by atoms with Crippen LogP contribution in [0.1, 0.15) is 55.8 Å². The molecule has 1 fully saturated rings. The van der Waals surface area contributed by atoms with Crippen molar-refractivity contribution in [1.82, 2.24) is 14.5 Å². The molecule has 1 aliphatic rings. The van der Waals surface area contributed by atoms with Crippen molar-refractivity contribution in [3.05, 3.63) is 57.3 Å². The molecular weight excluding hydrogens is 409 g/mol. The Morgan fingerprint density at radius 3 is 2.52 bits per heavy atom.